The Morgan fingerprint density at radius 2 is 1.50 bits per heavy atom. The molecule has 0 aromatic carbocycles. The predicted molar refractivity (Wildman–Crippen MR) is 40.2 cm³/mol. The molecule has 0 amide bonds. The van der Waals surface area contributed by atoms with Crippen LogP contribution < -0.4 is 0 Å². The molecule has 0 heterocycles. The summed E-state index contributed by atoms with van der Waals surface area (Å²) in [5.41, 5.74) is 0. The van der Waals surface area contributed by atoms with E-state index in [1.165, 1.54) is 0 Å². The van der Waals surface area contributed by atoms with E-state index in [-0.39, 0.29) is 10.1 Å². The second kappa shape index (κ2) is 5.65. The van der Waals surface area contributed by atoms with Crippen LogP contribution in [0, 0.1) is 0 Å². The fourth-order valence-corrected chi connectivity index (χ4v) is 0.956. The maximum absolute atomic E-state index is 9.57. The molecule has 2 N–H and O–H groups in total. The zero-order valence-corrected chi connectivity index (χ0v) is 7.17. The SMILES string of the molecule is CCC[N+](O)(CC)CC.[OH-]. The van der Waals surface area contributed by atoms with Crippen LogP contribution in [0.2, 0.25) is 0 Å². The van der Waals surface area contributed by atoms with Crippen LogP contribution in [0.5, 0.6) is 0 Å². The van der Waals surface area contributed by atoms with Crippen molar-refractivity contribution in [2.45, 2.75) is 27.2 Å². The standard InChI is InChI=1S/C7H18NO.H2O/c1-4-7-8(9,5-2)6-3;/h9H,4-7H2,1-3H3;1H2/q+1;/p-1. The Bertz CT molecular complexity index is 72.0. The summed E-state index contributed by atoms with van der Waals surface area (Å²) in [5.74, 6) is 0. The molecule has 3 nitrogen and oxygen atoms in total. The highest BCUT2D eigenvalue weighted by Gasteiger charge is 2.17. The molecular weight excluding hydrogens is 130 g/mol. The van der Waals surface area contributed by atoms with E-state index < -0.39 is 0 Å². The van der Waals surface area contributed by atoms with Gasteiger partial charge in [-0.1, -0.05) is 6.92 Å². The molecule has 0 atom stereocenters. The van der Waals surface area contributed by atoms with E-state index in [1.54, 1.807) is 0 Å². The van der Waals surface area contributed by atoms with E-state index in [0.717, 1.165) is 26.1 Å². The van der Waals surface area contributed by atoms with Crippen molar-refractivity contribution in [1.82, 2.24) is 0 Å². The first kappa shape index (κ1) is 12.5. The molecule has 3 heteroatoms. The fraction of sp³-hybridized carbons (Fsp3) is 1.00. The van der Waals surface area contributed by atoms with E-state index in [2.05, 4.69) is 6.92 Å². The molecule has 0 aliphatic heterocycles. The Kier molecular flexibility index (Phi) is 7.09. The van der Waals surface area contributed by atoms with E-state index in [4.69, 9.17) is 0 Å². The molecule has 10 heavy (non-hydrogen) atoms. The van der Waals surface area contributed by atoms with Gasteiger partial charge in [0.2, 0.25) is 0 Å². The minimum Gasteiger partial charge on any atom is -0.870 e. The molecule has 0 aliphatic rings. The first-order valence-electron chi connectivity index (χ1n) is 3.77. The zero-order valence-electron chi connectivity index (χ0n) is 7.17. The highest BCUT2D eigenvalue weighted by atomic mass is 16.5. The second-order valence-electron chi connectivity index (χ2n) is 2.45. The molecule has 0 bridgehead atoms. The third kappa shape index (κ3) is 3.82. The predicted octanol–water partition coefficient (Wildman–Crippen LogP) is 1.47. The summed E-state index contributed by atoms with van der Waals surface area (Å²) >= 11 is 0. The third-order valence-corrected chi connectivity index (χ3v) is 1.82. The van der Waals surface area contributed by atoms with Gasteiger partial charge in [-0.3, -0.25) is 0 Å². The minimum atomic E-state index is 0. The first-order valence-corrected chi connectivity index (χ1v) is 3.77. The lowest BCUT2D eigenvalue weighted by atomic mass is 10.4. The number of nitrogens with zero attached hydrogens (tertiary/aromatic N) is 1. The van der Waals surface area contributed by atoms with Gasteiger partial charge in [0.1, 0.15) is 19.6 Å². The van der Waals surface area contributed by atoms with Crippen molar-refractivity contribution < 1.29 is 15.3 Å². The number of hydrogen-bond acceptors (Lipinski definition) is 2. The third-order valence-electron chi connectivity index (χ3n) is 1.82. The summed E-state index contributed by atoms with van der Waals surface area (Å²) in [7, 11) is 0. The van der Waals surface area contributed by atoms with Crippen LogP contribution in [0.1, 0.15) is 27.2 Å². The average Bonchev–Trinajstić information content (AvgIpc) is 1.89. The van der Waals surface area contributed by atoms with Crippen molar-refractivity contribution in [1.29, 1.82) is 0 Å². The summed E-state index contributed by atoms with van der Waals surface area (Å²) in [5, 5.41) is 9.57. The van der Waals surface area contributed by atoms with Crippen molar-refractivity contribution in [3.05, 3.63) is 0 Å². The van der Waals surface area contributed by atoms with Crippen LogP contribution >= 0.6 is 0 Å². The number of quaternary nitrogens is 1. The Hall–Kier alpha value is -0.120. The van der Waals surface area contributed by atoms with Crippen molar-refractivity contribution in [2.75, 3.05) is 19.6 Å². The maximum Gasteiger partial charge on any atom is 0.108 e. The summed E-state index contributed by atoms with van der Waals surface area (Å²) in [6.07, 6.45) is 1.05. The van der Waals surface area contributed by atoms with Crippen LogP contribution in [-0.4, -0.2) is 35.0 Å². The minimum absolute atomic E-state index is 0. The molecular formula is C7H19NO2. The van der Waals surface area contributed by atoms with Gasteiger partial charge in [-0.25, -0.2) is 5.21 Å². The van der Waals surface area contributed by atoms with Crippen LogP contribution in [-0.2, 0) is 0 Å². The Morgan fingerprint density at radius 3 is 1.60 bits per heavy atom. The van der Waals surface area contributed by atoms with Gasteiger partial charge in [-0.15, -0.1) is 0 Å². The summed E-state index contributed by atoms with van der Waals surface area (Å²) in [6, 6.07) is 0. The van der Waals surface area contributed by atoms with Gasteiger partial charge in [0.05, 0.1) is 0 Å². The van der Waals surface area contributed by atoms with Crippen LogP contribution in [0.3, 0.4) is 0 Å². The van der Waals surface area contributed by atoms with Gasteiger partial charge in [0.15, 0.2) is 0 Å². The largest absolute Gasteiger partial charge is 0.870 e. The highest BCUT2D eigenvalue weighted by molar-refractivity contribution is 4.26. The number of hydrogen-bond donors (Lipinski definition) is 1. The van der Waals surface area contributed by atoms with Crippen molar-refractivity contribution >= 4 is 0 Å². The van der Waals surface area contributed by atoms with Gasteiger partial charge in [0, 0.05) is 0 Å². The highest BCUT2D eigenvalue weighted by Crippen LogP contribution is 2.00. The molecule has 0 aromatic heterocycles. The smallest absolute Gasteiger partial charge is 0.108 e. The van der Waals surface area contributed by atoms with E-state index in [1.807, 2.05) is 13.8 Å². The van der Waals surface area contributed by atoms with Crippen molar-refractivity contribution in [3.63, 3.8) is 0 Å². The molecule has 0 spiro atoms. The Labute approximate surface area is 63.1 Å². The Morgan fingerprint density at radius 1 is 1.10 bits per heavy atom. The topological polar surface area (TPSA) is 50.2 Å². The normalized spacial score (nSPS) is 10.8. The van der Waals surface area contributed by atoms with Gasteiger partial charge >= 0.3 is 0 Å². The first-order chi connectivity index (χ1) is 4.18. The number of rotatable bonds is 4. The van der Waals surface area contributed by atoms with Crippen molar-refractivity contribution in [2.24, 2.45) is 0 Å². The average molecular weight is 149 g/mol. The van der Waals surface area contributed by atoms with Gasteiger partial charge < -0.3 is 5.48 Å². The molecule has 0 rings (SSSR count). The molecule has 0 saturated carbocycles. The van der Waals surface area contributed by atoms with Crippen LogP contribution in [0.4, 0.5) is 0 Å². The number of hydroxylamine groups is 3. The summed E-state index contributed by atoms with van der Waals surface area (Å²) in [6.45, 7) is 8.65. The molecule has 0 saturated heterocycles. The second-order valence-corrected chi connectivity index (χ2v) is 2.45. The summed E-state index contributed by atoms with van der Waals surface area (Å²) in [4.78, 5) is 0. The van der Waals surface area contributed by atoms with E-state index in [9.17, 15) is 5.21 Å². The quantitative estimate of drug-likeness (QED) is 0.486. The molecule has 0 fully saturated rings. The monoisotopic (exact) mass is 149 g/mol. The van der Waals surface area contributed by atoms with Gasteiger partial charge in [-0.05, 0) is 20.3 Å². The van der Waals surface area contributed by atoms with Crippen LogP contribution in [0.25, 0.3) is 0 Å². The lowest BCUT2D eigenvalue weighted by Gasteiger charge is -2.26. The maximum atomic E-state index is 9.57. The lowest BCUT2D eigenvalue weighted by molar-refractivity contribution is -1.10. The zero-order chi connectivity index (χ0) is 7.33. The molecule has 0 unspecified atom stereocenters. The summed E-state index contributed by atoms with van der Waals surface area (Å²) < 4.78 is 0.233. The molecule has 0 aliphatic carbocycles. The molecule has 0 aromatic rings. The van der Waals surface area contributed by atoms with Gasteiger partial charge in [0.25, 0.3) is 0 Å². The van der Waals surface area contributed by atoms with Gasteiger partial charge in [-0.2, -0.15) is 4.65 Å². The van der Waals surface area contributed by atoms with Crippen molar-refractivity contribution in [3.8, 4) is 0 Å². The molecule has 64 valence electrons. The fourth-order valence-electron chi connectivity index (χ4n) is 0.956. The van der Waals surface area contributed by atoms with Crippen LogP contribution in [0.15, 0.2) is 0 Å². The van der Waals surface area contributed by atoms with E-state index in [0.29, 0.717) is 0 Å². The Balaban J connectivity index is 0. The molecule has 0 radical (unpaired) electrons. The van der Waals surface area contributed by atoms with E-state index >= 15 is 0 Å². The lowest BCUT2D eigenvalue weighted by Crippen LogP contribution is -2.44.